The molecule has 5 heteroatoms. The van der Waals surface area contributed by atoms with Crippen molar-refractivity contribution in [1.82, 2.24) is 9.78 Å². The van der Waals surface area contributed by atoms with Gasteiger partial charge in [-0.25, -0.2) is 4.79 Å². The molecule has 0 amide bonds. The number of hydrogen-bond acceptors (Lipinski definition) is 3. The summed E-state index contributed by atoms with van der Waals surface area (Å²) in [6.07, 6.45) is 2.68. The lowest BCUT2D eigenvalue weighted by Gasteiger charge is -2.19. The molecular formula is C11H15IN2O2. The van der Waals surface area contributed by atoms with Crippen LogP contribution in [0.3, 0.4) is 0 Å². The van der Waals surface area contributed by atoms with Crippen molar-refractivity contribution >= 4 is 28.7 Å². The molecule has 0 spiro atoms. The maximum absolute atomic E-state index is 11.9. The van der Waals surface area contributed by atoms with Crippen molar-refractivity contribution < 1.29 is 9.53 Å². The minimum absolute atomic E-state index is 0.367. The second-order valence-corrected chi connectivity index (χ2v) is 5.98. The summed E-state index contributed by atoms with van der Waals surface area (Å²) in [6, 6.07) is 0. The van der Waals surface area contributed by atoms with Crippen molar-refractivity contribution in [1.29, 1.82) is 0 Å². The van der Waals surface area contributed by atoms with E-state index in [0.29, 0.717) is 0 Å². The van der Waals surface area contributed by atoms with E-state index in [2.05, 4.69) is 27.7 Å². The average Bonchev–Trinajstić information content (AvgIpc) is 2.66. The number of nitrogens with zero attached hydrogens (tertiary/aromatic N) is 2. The molecule has 16 heavy (non-hydrogen) atoms. The number of hydrogen-bond donors (Lipinski definition) is 0. The van der Waals surface area contributed by atoms with Gasteiger partial charge in [-0.1, -0.05) is 0 Å². The predicted molar refractivity (Wildman–Crippen MR) is 68.6 cm³/mol. The van der Waals surface area contributed by atoms with Gasteiger partial charge in [0.15, 0.2) is 0 Å². The second kappa shape index (κ2) is 4.01. The number of fused-ring (bicyclic) bond motifs is 1. The minimum atomic E-state index is -0.472. The zero-order valence-electron chi connectivity index (χ0n) is 9.71. The summed E-state index contributed by atoms with van der Waals surface area (Å²) < 4.78 is 7.67. The van der Waals surface area contributed by atoms with Crippen LogP contribution >= 0.6 is 22.6 Å². The molecule has 1 aromatic rings. The Labute approximate surface area is 108 Å². The summed E-state index contributed by atoms with van der Waals surface area (Å²) in [6.45, 7) is 5.58. The van der Waals surface area contributed by atoms with E-state index in [1.54, 1.807) is 0 Å². The summed E-state index contributed by atoms with van der Waals surface area (Å²) >= 11 is 2.18. The second-order valence-electron chi connectivity index (χ2n) is 4.96. The molecule has 1 aliphatic rings. The van der Waals surface area contributed by atoms with Crippen molar-refractivity contribution in [2.45, 2.75) is 45.6 Å². The zero-order valence-corrected chi connectivity index (χ0v) is 11.9. The highest BCUT2D eigenvalue weighted by Crippen LogP contribution is 2.26. The summed E-state index contributed by atoms with van der Waals surface area (Å²) in [5, 5.41) is 4.25. The van der Waals surface area contributed by atoms with E-state index in [1.807, 2.05) is 20.8 Å². The Balaban J connectivity index is 2.28. The van der Waals surface area contributed by atoms with Crippen LogP contribution in [0.4, 0.5) is 4.79 Å². The van der Waals surface area contributed by atoms with Gasteiger partial charge >= 0.3 is 6.09 Å². The Kier molecular flexibility index (Phi) is 2.98. The van der Waals surface area contributed by atoms with Gasteiger partial charge in [-0.15, -0.1) is 0 Å². The van der Waals surface area contributed by atoms with Crippen LogP contribution in [0.1, 0.15) is 38.4 Å². The molecule has 1 aliphatic carbocycles. The third-order valence-electron chi connectivity index (χ3n) is 2.45. The number of carbonyl (C=O) groups is 1. The Bertz CT molecular complexity index is 432. The first kappa shape index (κ1) is 11.9. The maximum atomic E-state index is 11.9. The van der Waals surface area contributed by atoms with E-state index in [-0.39, 0.29) is 6.09 Å². The molecule has 0 saturated heterocycles. The first-order chi connectivity index (χ1) is 7.38. The van der Waals surface area contributed by atoms with Gasteiger partial charge in [0.1, 0.15) is 9.30 Å². The topological polar surface area (TPSA) is 44.1 Å². The van der Waals surface area contributed by atoms with Crippen LogP contribution in [0.15, 0.2) is 0 Å². The summed E-state index contributed by atoms with van der Waals surface area (Å²) in [5.74, 6) is 0. The van der Waals surface area contributed by atoms with E-state index in [4.69, 9.17) is 4.74 Å². The molecule has 0 fully saturated rings. The van der Waals surface area contributed by atoms with Crippen LogP contribution < -0.4 is 0 Å². The predicted octanol–water partition coefficient (Wildman–Crippen LogP) is 2.76. The summed E-state index contributed by atoms with van der Waals surface area (Å²) in [7, 11) is 0. The summed E-state index contributed by atoms with van der Waals surface area (Å²) in [4.78, 5) is 11.9. The van der Waals surface area contributed by atoms with Gasteiger partial charge in [-0.05, 0) is 62.6 Å². The van der Waals surface area contributed by atoms with Crippen molar-refractivity contribution in [3.8, 4) is 0 Å². The fourth-order valence-corrected chi connectivity index (χ4v) is 2.65. The molecule has 0 radical (unpaired) electrons. The number of rotatable bonds is 0. The highest BCUT2D eigenvalue weighted by Gasteiger charge is 2.27. The number of ether oxygens (including phenoxy) is 1. The third-order valence-corrected chi connectivity index (χ3v) is 3.31. The maximum Gasteiger partial charge on any atom is 0.435 e. The molecule has 4 nitrogen and oxygen atoms in total. The lowest BCUT2D eigenvalue weighted by atomic mass is 10.2. The zero-order chi connectivity index (χ0) is 11.9. The van der Waals surface area contributed by atoms with Crippen LogP contribution in [0.5, 0.6) is 0 Å². The van der Waals surface area contributed by atoms with Gasteiger partial charge in [-0.3, -0.25) is 0 Å². The number of aromatic nitrogens is 2. The number of carbonyl (C=O) groups excluding carboxylic acids is 1. The Morgan fingerprint density at radius 1 is 1.44 bits per heavy atom. The smallest absolute Gasteiger partial charge is 0.435 e. The van der Waals surface area contributed by atoms with Crippen molar-refractivity contribution in [2.24, 2.45) is 0 Å². The van der Waals surface area contributed by atoms with Crippen molar-refractivity contribution in [3.63, 3.8) is 0 Å². The van der Waals surface area contributed by atoms with E-state index in [1.165, 1.54) is 10.2 Å². The monoisotopic (exact) mass is 334 g/mol. The highest BCUT2D eigenvalue weighted by atomic mass is 127. The molecule has 88 valence electrons. The molecular weight excluding hydrogens is 319 g/mol. The molecule has 0 saturated carbocycles. The molecule has 0 aliphatic heterocycles. The highest BCUT2D eigenvalue weighted by molar-refractivity contribution is 14.1. The first-order valence-corrected chi connectivity index (χ1v) is 6.46. The van der Waals surface area contributed by atoms with Crippen LogP contribution in [0.25, 0.3) is 0 Å². The standard InChI is InChI=1S/C11H15IN2O2/c1-11(2,3)16-10(15)14-8-6-4-5-7(8)9(12)13-14/h4-6H2,1-3H3. The van der Waals surface area contributed by atoms with E-state index >= 15 is 0 Å². The van der Waals surface area contributed by atoms with Crippen molar-refractivity contribution in [2.75, 3.05) is 0 Å². The first-order valence-electron chi connectivity index (χ1n) is 5.38. The van der Waals surface area contributed by atoms with E-state index < -0.39 is 5.60 Å². The van der Waals surface area contributed by atoms with Crippen LogP contribution in [0.2, 0.25) is 0 Å². The lowest BCUT2D eigenvalue weighted by molar-refractivity contribution is 0.0509. The fraction of sp³-hybridized carbons (Fsp3) is 0.636. The van der Waals surface area contributed by atoms with Gasteiger partial charge in [0.05, 0.1) is 5.69 Å². The van der Waals surface area contributed by atoms with Crippen LogP contribution in [0, 0.1) is 3.70 Å². The van der Waals surface area contributed by atoms with E-state index in [0.717, 1.165) is 28.7 Å². The van der Waals surface area contributed by atoms with Gasteiger partial charge in [0.2, 0.25) is 0 Å². The molecule has 0 unspecified atom stereocenters. The van der Waals surface area contributed by atoms with Gasteiger partial charge in [0, 0.05) is 5.56 Å². The number of halogens is 1. The lowest BCUT2D eigenvalue weighted by Crippen LogP contribution is -2.28. The van der Waals surface area contributed by atoms with Gasteiger partial charge < -0.3 is 4.74 Å². The third kappa shape index (κ3) is 2.23. The molecule has 1 aromatic heterocycles. The van der Waals surface area contributed by atoms with Crippen molar-refractivity contribution in [3.05, 3.63) is 15.0 Å². The Hall–Kier alpha value is -0.590. The Morgan fingerprint density at radius 3 is 2.75 bits per heavy atom. The van der Waals surface area contributed by atoms with Gasteiger partial charge in [-0.2, -0.15) is 9.78 Å². The normalized spacial score (nSPS) is 15.0. The Morgan fingerprint density at radius 2 is 2.12 bits per heavy atom. The SMILES string of the molecule is CC(C)(C)OC(=O)n1nc(I)c2c1CCC2. The molecule has 0 aromatic carbocycles. The van der Waals surface area contributed by atoms with Crippen LogP contribution in [-0.2, 0) is 17.6 Å². The molecule has 2 rings (SSSR count). The molecule has 0 N–H and O–H groups in total. The van der Waals surface area contributed by atoms with Crippen LogP contribution in [-0.4, -0.2) is 21.5 Å². The fourth-order valence-electron chi connectivity index (χ4n) is 1.85. The largest absolute Gasteiger partial charge is 0.442 e. The van der Waals surface area contributed by atoms with Gasteiger partial charge in [0.25, 0.3) is 0 Å². The molecule has 0 bridgehead atoms. The minimum Gasteiger partial charge on any atom is -0.442 e. The quantitative estimate of drug-likeness (QED) is 0.686. The summed E-state index contributed by atoms with van der Waals surface area (Å²) in [5.41, 5.74) is 1.77. The molecule has 0 atom stereocenters. The molecule has 1 heterocycles. The van der Waals surface area contributed by atoms with E-state index in [9.17, 15) is 4.79 Å². The average molecular weight is 334 g/mol.